The van der Waals surface area contributed by atoms with E-state index in [1.165, 1.54) is 4.88 Å². The average molecular weight is 323 g/mol. The monoisotopic (exact) mass is 322 g/mol. The minimum absolute atomic E-state index is 0.570. The zero-order chi connectivity index (χ0) is 14.9. The lowest BCUT2D eigenvalue weighted by atomic mass is 10.3. The first kappa shape index (κ1) is 15.8. The average Bonchev–Trinajstić information content (AvgIpc) is 2.91. The Hall–Kier alpha value is -1.59. The largest absolute Gasteiger partial charge is 0.357 e. The molecule has 4 nitrogen and oxygen atoms in total. The van der Waals surface area contributed by atoms with Gasteiger partial charge in [-0.2, -0.15) is 0 Å². The second-order valence-electron chi connectivity index (χ2n) is 4.40. The van der Waals surface area contributed by atoms with Gasteiger partial charge in [0.15, 0.2) is 5.96 Å². The molecule has 0 saturated carbocycles. The number of guanidine groups is 1. The molecule has 21 heavy (non-hydrogen) atoms. The van der Waals surface area contributed by atoms with Crippen LogP contribution in [-0.4, -0.2) is 24.0 Å². The van der Waals surface area contributed by atoms with E-state index < -0.39 is 0 Å². The van der Waals surface area contributed by atoms with Crippen LogP contribution in [0.2, 0.25) is 4.34 Å². The standard InChI is InChI=1S/C15H19ClN4S/c1-2-17-15(20-11-12-5-3-4-9-18-12)19-10-8-13-6-7-14(16)21-13/h3-7,9H,2,8,10-11H2,1H3,(H2,17,19,20). The zero-order valence-corrected chi connectivity index (χ0v) is 13.5. The van der Waals surface area contributed by atoms with E-state index in [1.807, 2.05) is 24.3 Å². The van der Waals surface area contributed by atoms with Crippen molar-refractivity contribution in [2.24, 2.45) is 4.99 Å². The van der Waals surface area contributed by atoms with Crippen molar-refractivity contribution in [3.8, 4) is 0 Å². The van der Waals surface area contributed by atoms with Gasteiger partial charge in [0.25, 0.3) is 0 Å². The number of aromatic nitrogens is 1. The van der Waals surface area contributed by atoms with Crippen LogP contribution >= 0.6 is 22.9 Å². The quantitative estimate of drug-likeness (QED) is 0.634. The SMILES string of the molecule is CCNC(=NCc1ccccn1)NCCc1ccc(Cl)s1. The lowest BCUT2D eigenvalue weighted by Crippen LogP contribution is -2.38. The smallest absolute Gasteiger partial charge is 0.191 e. The van der Waals surface area contributed by atoms with E-state index in [4.69, 9.17) is 11.6 Å². The molecule has 0 amide bonds. The van der Waals surface area contributed by atoms with E-state index in [-0.39, 0.29) is 0 Å². The maximum Gasteiger partial charge on any atom is 0.191 e. The molecule has 2 heterocycles. The van der Waals surface area contributed by atoms with Crippen molar-refractivity contribution < 1.29 is 0 Å². The van der Waals surface area contributed by atoms with Gasteiger partial charge in [-0.3, -0.25) is 4.98 Å². The second-order valence-corrected chi connectivity index (χ2v) is 6.20. The Balaban J connectivity index is 1.83. The van der Waals surface area contributed by atoms with Crippen molar-refractivity contribution in [3.05, 3.63) is 51.4 Å². The van der Waals surface area contributed by atoms with Crippen molar-refractivity contribution in [3.63, 3.8) is 0 Å². The van der Waals surface area contributed by atoms with Gasteiger partial charge < -0.3 is 10.6 Å². The third kappa shape index (κ3) is 5.73. The summed E-state index contributed by atoms with van der Waals surface area (Å²) in [5.41, 5.74) is 0.958. The van der Waals surface area contributed by atoms with E-state index in [1.54, 1.807) is 17.5 Å². The first-order chi connectivity index (χ1) is 10.3. The van der Waals surface area contributed by atoms with Gasteiger partial charge in [0.1, 0.15) is 0 Å². The number of aliphatic imine (C=N–C) groups is 1. The summed E-state index contributed by atoms with van der Waals surface area (Å²) in [5.74, 6) is 0.811. The fraction of sp³-hybridized carbons (Fsp3) is 0.333. The van der Waals surface area contributed by atoms with Gasteiger partial charge in [0, 0.05) is 24.2 Å². The number of halogens is 1. The molecule has 0 aliphatic heterocycles. The molecule has 6 heteroatoms. The van der Waals surface area contributed by atoms with Gasteiger partial charge in [-0.05, 0) is 37.6 Å². The molecular formula is C15H19ClN4S. The molecule has 0 radical (unpaired) electrons. The summed E-state index contributed by atoms with van der Waals surface area (Å²) in [6, 6.07) is 9.84. The number of rotatable bonds is 6. The first-order valence-electron chi connectivity index (χ1n) is 6.94. The summed E-state index contributed by atoms with van der Waals surface area (Å²) in [6.07, 6.45) is 2.72. The van der Waals surface area contributed by atoms with E-state index in [0.717, 1.165) is 35.5 Å². The normalized spacial score (nSPS) is 11.4. The molecule has 0 aromatic carbocycles. The minimum Gasteiger partial charge on any atom is -0.357 e. The molecular weight excluding hydrogens is 304 g/mol. The maximum atomic E-state index is 5.92. The van der Waals surface area contributed by atoms with Crippen molar-refractivity contribution in [2.45, 2.75) is 19.9 Å². The number of thiophene rings is 1. The number of pyridine rings is 1. The molecule has 112 valence electrons. The Morgan fingerprint density at radius 1 is 1.29 bits per heavy atom. The van der Waals surface area contributed by atoms with Crippen molar-refractivity contribution >= 4 is 28.9 Å². The molecule has 0 aliphatic carbocycles. The van der Waals surface area contributed by atoms with Gasteiger partial charge in [-0.1, -0.05) is 17.7 Å². The summed E-state index contributed by atoms with van der Waals surface area (Å²) in [7, 11) is 0. The molecule has 0 aliphatic rings. The second kappa shape index (κ2) is 8.64. The highest BCUT2D eigenvalue weighted by atomic mass is 35.5. The minimum atomic E-state index is 0.570. The molecule has 0 atom stereocenters. The number of nitrogens with one attached hydrogen (secondary N) is 2. The molecule has 0 unspecified atom stereocenters. The lowest BCUT2D eigenvalue weighted by Gasteiger charge is -2.10. The van der Waals surface area contributed by atoms with Crippen LogP contribution in [-0.2, 0) is 13.0 Å². The number of hydrogen-bond donors (Lipinski definition) is 2. The highest BCUT2D eigenvalue weighted by molar-refractivity contribution is 7.16. The highest BCUT2D eigenvalue weighted by Crippen LogP contribution is 2.21. The summed E-state index contributed by atoms with van der Waals surface area (Å²) >= 11 is 7.54. The fourth-order valence-corrected chi connectivity index (χ4v) is 2.87. The summed E-state index contributed by atoms with van der Waals surface area (Å²) in [5, 5.41) is 6.56. The molecule has 0 fully saturated rings. The van der Waals surface area contributed by atoms with Gasteiger partial charge in [-0.15, -0.1) is 11.3 Å². The van der Waals surface area contributed by atoms with Crippen LogP contribution in [0.1, 0.15) is 17.5 Å². The van der Waals surface area contributed by atoms with Crippen LogP contribution in [0, 0.1) is 0 Å². The summed E-state index contributed by atoms with van der Waals surface area (Å²) in [4.78, 5) is 10.1. The first-order valence-corrected chi connectivity index (χ1v) is 8.13. The Labute approximate surface area is 134 Å². The van der Waals surface area contributed by atoms with E-state index in [2.05, 4.69) is 33.6 Å². The Bertz CT molecular complexity index is 568. The van der Waals surface area contributed by atoms with Crippen LogP contribution in [0.15, 0.2) is 41.5 Å². The molecule has 2 aromatic heterocycles. The molecule has 0 spiro atoms. The van der Waals surface area contributed by atoms with Crippen molar-refractivity contribution in [2.75, 3.05) is 13.1 Å². The topological polar surface area (TPSA) is 49.3 Å². The fourth-order valence-electron chi connectivity index (χ4n) is 1.78. The van der Waals surface area contributed by atoms with Gasteiger partial charge >= 0.3 is 0 Å². The van der Waals surface area contributed by atoms with Crippen LogP contribution < -0.4 is 10.6 Å². The molecule has 2 rings (SSSR count). The molecule has 0 bridgehead atoms. The molecule has 2 N–H and O–H groups in total. The highest BCUT2D eigenvalue weighted by Gasteiger charge is 2.00. The maximum absolute atomic E-state index is 5.92. The molecule has 0 saturated heterocycles. The lowest BCUT2D eigenvalue weighted by molar-refractivity contribution is 0.801. The molecule has 2 aromatic rings. The van der Waals surface area contributed by atoms with Crippen molar-refractivity contribution in [1.82, 2.24) is 15.6 Å². The van der Waals surface area contributed by atoms with Gasteiger partial charge in [0.2, 0.25) is 0 Å². The van der Waals surface area contributed by atoms with E-state index in [0.29, 0.717) is 6.54 Å². The van der Waals surface area contributed by atoms with Crippen LogP contribution in [0.3, 0.4) is 0 Å². The summed E-state index contributed by atoms with van der Waals surface area (Å²) < 4.78 is 0.834. The number of nitrogens with zero attached hydrogens (tertiary/aromatic N) is 2. The predicted octanol–water partition coefficient (Wildman–Crippen LogP) is 3.09. The van der Waals surface area contributed by atoms with Crippen LogP contribution in [0.5, 0.6) is 0 Å². The van der Waals surface area contributed by atoms with Crippen LogP contribution in [0.4, 0.5) is 0 Å². The van der Waals surface area contributed by atoms with Gasteiger partial charge in [-0.25, -0.2) is 4.99 Å². The van der Waals surface area contributed by atoms with Gasteiger partial charge in [0.05, 0.1) is 16.6 Å². The van der Waals surface area contributed by atoms with E-state index in [9.17, 15) is 0 Å². The number of hydrogen-bond acceptors (Lipinski definition) is 3. The zero-order valence-electron chi connectivity index (χ0n) is 12.0. The Morgan fingerprint density at radius 2 is 2.19 bits per heavy atom. The predicted molar refractivity (Wildman–Crippen MR) is 90.1 cm³/mol. The van der Waals surface area contributed by atoms with E-state index >= 15 is 0 Å². The van der Waals surface area contributed by atoms with Crippen molar-refractivity contribution in [1.29, 1.82) is 0 Å². The third-order valence-corrected chi connectivity index (χ3v) is 4.05. The Kier molecular flexibility index (Phi) is 6.50. The van der Waals surface area contributed by atoms with Crippen LogP contribution in [0.25, 0.3) is 0 Å². The Morgan fingerprint density at radius 3 is 2.86 bits per heavy atom. The third-order valence-electron chi connectivity index (χ3n) is 2.76. The summed E-state index contributed by atoms with van der Waals surface area (Å²) in [6.45, 7) is 4.28.